The fourth-order valence-electron chi connectivity index (χ4n) is 1.58. The van der Waals surface area contributed by atoms with E-state index in [0.29, 0.717) is 11.2 Å². The van der Waals surface area contributed by atoms with Crippen LogP contribution >= 0.6 is 27.5 Å². The van der Waals surface area contributed by atoms with Gasteiger partial charge in [-0.15, -0.1) is 0 Å². The van der Waals surface area contributed by atoms with Crippen molar-refractivity contribution in [3.8, 4) is 0 Å². The largest absolute Gasteiger partial charge is 0.381 e. The monoisotopic (exact) mass is 290 g/mol. The van der Waals surface area contributed by atoms with E-state index < -0.39 is 0 Å². The quantitative estimate of drug-likeness (QED) is 0.850. The van der Waals surface area contributed by atoms with Crippen LogP contribution in [0.4, 0.5) is 5.69 Å². The minimum Gasteiger partial charge on any atom is -0.381 e. The van der Waals surface area contributed by atoms with E-state index in [9.17, 15) is 0 Å². The summed E-state index contributed by atoms with van der Waals surface area (Å²) in [4.78, 5) is 4.07. The van der Waals surface area contributed by atoms with Crippen LogP contribution in [0, 0.1) is 0 Å². The molecule has 1 aliphatic heterocycles. The van der Waals surface area contributed by atoms with Gasteiger partial charge >= 0.3 is 0 Å². The molecule has 2 heterocycles. The second-order valence-electron chi connectivity index (χ2n) is 3.53. The number of nitrogens with zero attached hydrogens (tertiary/aromatic N) is 1. The zero-order valence-corrected chi connectivity index (χ0v) is 10.5. The topological polar surface area (TPSA) is 34.2 Å². The summed E-state index contributed by atoms with van der Waals surface area (Å²) in [5.74, 6) is 0. The number of halogens is 2. The maximum atomic E-state index is 5.82. The van der Waals surface area contributed by atoms with Crippen molar-refractivity contribution < 1.29 is 4.74 Å². The Morgan fingerprint density at radius 2 is 2.20 bits per heavy atom. The number of pyridine rings is 1. The van der Waals surface area contributed by atoms with E-state index in [1.165, 1.54) is 0 Å². The van der Waals surface area contributed by atoms with Crippen molar-refractivity contribution in [2.75, 3.05) is 18.5 Å². The van der Waals surface area contributed by atoms with Crippen LogP contribution in [0.1, 0.15) is 12.8 Å². The summed E-state index contributed by atoms with van der Waals surface area (Å²) >= 11 is 9.17. The first kappa shape index (κ1) is 11.2. The van der Waals surface area contributed by atoms with Gasteiger partial charge in [0.1, 0.15) is 5.15 Å². The van der Waals surface area contributed by atoms with Crippen molar-refractivity contribution in [1.29, 1.82) is 0 Å². The summed E-state index contributed by atoms with van der Waals surface area (Å²) in [6.45, 7) is 1.67. The molecule has 3 nitrogen and oxygen atoms in total. The number of rotatable bonds is 2. The molecule has 82 valence electrons. The van der Waals surface area contributed by atoms with Gasteiger partial charge in [0.05, 0.1) is 16.4 Å². The summed E-state index contributed by atoms with van der Waals surface area (Å²) in [5, 5.41) is 3.91. The highest BCUT2D eigenvalue weighted by Gasteiger charge is 2.13. The lowest BCUT2D eigenvalue weighted by atomic mass is 10.1. The van der Waals surface area contributed by atoms with Crippen LogP contribution in [0.3, 0.4) is 0 Å². The Kier molecular flexibility index (Phi) is 3.83. The molecule has 1 aromatic heterocycles. The molecule has 1 aliphatic rings. The van der Waals surface area contributed by atoms with Crippen molar-refractivity contribution >= 4 is 33.2 Å². The highest BCUT2D eigenvalue weighted by Crippen LogP contribution is 2.24. The van der Waals surface area contributed by atoms with Gasteiger partial charge in [0.25, 0.3) is 0 Å². The third-order valence-electron chi connectivity index (χ3n) is 2.39. The van der Waals surface area contributed by atoms with Crippen LogP contribution in [-0.4, -0.2) is 24.2 Å². The number of hydrogen-bond donors (Lipinski definition) is 1. The van der Waals surface area contributed by atoms with Gasteiger partial charge in [-0.1, -0.05) is 11.6 Å². The van der Waals surface area contributed by atoms with Gasteiger partial charge in [-0.05, 0) is 34.8 Å². The molecule has 0 aliphatic carbocycles. The lowest BCUT2D eigenvalue weighted by Gasteiger charge is -2.24. The minimum absolute atomic E-state index is 0.480. The summed E-state index contributed by atoms with van der Waals surface area (Å²) in [6.07, 6.45) is 3.84. The van der Waals surface area contributed by atoms with Crippen molar-refractivity contribution in [2.24, 2.45) is 0 Å². The minimum atomic E-state index is 0.480. The fourth-order valence-corrected chi connectivity index (χ4v) is 2.03. The molecule has 5 heteroatoms. The number of hydrogen-bond acceptors (Lipinski definition) is 3. The average Bonchev–Trinajstić information content (AvgIpc) is 2.25. The predicted molar refractivity (Wildman–Crippen MR) is 64.4 cm³/mol. The normalized spacial score (nSPS) is 17.7. The molecule has 0 radical (unpaired) electrons. The van der Waals surface area contributed by atoms with Gasteiger partial charge in [-0.3, -0.25) is 0 Å². The second-order valence-corrected chi connectivity index (χ2v) is 4.74. The van der Waals surface area contributed by atoms with E-state index in [2.05, 4.69) is 26.2 Å². The van der Waals surface area contributed by atoms with E-state index in [1.807, 2.05) is 6.07 Å². The molecule has 0 atom stereocenters. The highest BCUT2D eigenvalue weighted by molar-refractivity contribution is 9.10. The molecule has 0 aromatic carbocycles. The van der Waals surface area contributed by atoms with Gasteiger partial charge in [0, 0.05) is 19.3 Å². The summed E-state index contributed by atoms with van der Waals surface area (Å²) < 4.78 is 6.11. The second kappa shape index (κ2) is 5.14. The van der Waals surface area contributed by atoms with E-state index in [4.69, 9.17) is 16.3 Å². The lowest BCUT2D eigenvalue weighted by Crippen LogP contribution is -2.27. The number of ether oxygens (including phenoxy) is 1. The molecule has 1 fully saturated rings. The Morgan fingerprint density at radius 3 is 2.87 bits per heavy atom. The first-order chi connectivity index (χ1) is 7.25. The van der Waals surface area contributed by atoms with Gasteiger partial charge in [-0.25, -0.2) is 4.98 Å². The van der Waals surface area contributed by atoms with Crippen LogP contribution in [0.5, 0.6) is 0 Å². The SMILES string of the molecule is Clc1ncc(NC2CCOCC2)cc1Br. The van der Waals surface area contributed by atoms with Gasteiger partial charge in [0.2, 0.25) is 0 Å². The van der Waals surface area contributed by atoms with Crippen molar-refractivity contribution in [1.82, 2.24) is 4.98 Å². The Bertz CT molecular complexity index is 342. The van der Waals surface area contributed by atoms with Crippen LogP contribution in [-0.2, 0) is 4.74 Å². The fraction of sp³-hybridized carbons (Fsp3) is 0.500. The van der Waals surface area contributed by atoms with E-state index in [0.717, 1.165) is 36.2 Å². The molecule has 0 spiro atoms. The third kappa shape index (κ3) is 3.06. The summed E-state index contributed by atoms with van der Waals surface area (Å²) in [5.41, 5.74) is 0.998. The number of nitrogens with one attached hydrogen (secondary N) is 1. The Labute approximate surface area is 102 Å². The van der Waals surface area contributed by atoms with Crippen LogP contribution in [0.25, 0.3) is 0 Å². The highest BCUT2D eigenvalue weighted by atomic mass is 79.9. The molecule has 0 bridgehead atoms. The molecule has 2 rings (SSSR count). The third-order valence-corrected chi connectivity index (χ3v) is 3.52. The lowest BCUT2D eigenvalue weighted by molar-refractivity contribution is 0.0904. The molecule has 15 heavy (non-hydrogen) atoms. The first-order valence-electron chi connectivity index (χ1n) is 4.91. The molecule has 0 amide bonds. The summed E-state index contributed by atoms with van der Waals surface area (Å²) in [6, 6.07) is 2.43. The van der Waals surface area contributed by atoms with E-state index in [1.54, 1.807) is 6.20 Å². The number of aromatic nitrogens is 1. The maximum Gasteiger partial charge on any atom is 0.143 e. The van der Waals surface area contributed by atoms with Gasteiger partial charge in [-0.2, -0.15) is 0 Å². The predicted octanol–water partition coefficient (Wildman–Crippen LogP) is 3.09. The Hall–Kier alpha value is -0.320. The molecule has 1 aromatic rings. The van der Waals surface area contributed by atoms with Crippen molar-refractivity contribution in [3.63, 3.8) is 0 Å². The molecule has 0 unspecified atom stereocenters. The summed E-state index contributed by atoms with van der Waals surface area (Å²) in [7, 11) is 0. The van der Waals surface area contributed by atoms with Crippen LogP contribution < -0.4 is 5.32 Å². The Morgan fingerprint density at radius 1 is 1.47 bits per heavy atom. The van der Waals surface area contributed by atoms with Gasteiger partial charge in [0.15, 0.2) is 0 Å². The molecular formula is C10H12BrClN2O. The van der Waals surface area contributed by atoms with E-state index in [-0.39, 0.29) is 0 Å². The van der Waals surface area contributed by atoms with E-state index >= 15 is 0 Å². The smallest absolute Gasteiger partial charge is 0.143 e. The van der Waals surface area contributed by atoms with Crippen LogP contribution in [0.15, 0.2) is 16.7 Å². The van der Waals surface area contributed by atoms with Crippen molar-refractivity contribution in [2.45, 2.75) is 18.9 Å². The Balaban J connectivity index is 2.00. The molecule has 0 saturated carbocycles. The first-order valence-corrected chi connectivity index (χ1v) is 6.08. The zero-order chi connectivity index (χ0) is 10.7. The zero-order valence-electron chi connectivity index (χ0n) is 8.17. The van der Waals surface area contributed by atoms with Crippen molar-refractivity contribution in [3.05, 3.63) is 21.9 Å². The van der Waals surface area contributed by atoms with Gasteiger partial charge < -0.3 is 10.1 Å². The maximum absolute atomic E-state index is 5.82. The van der Waals surface area contributed by atoms with Crippen LogP contribution in [0.2, 0.25) is 5.15 Å². The standard InChI is InChI=1S/C10H12BrClN2O/c11-9-5-8(6-13-10(9)12)14-7-1-3-15-4-2-7/h5-7,14H,1-4H2. The molecule has 1 saturated heterocycles. The molecule has 1 N–H and O–H groups in total. The number of anilines is 1. The molecular weight excluding hydrogens is 279 g/mol. The average molecular weight is 292 g/mol.